The fourth-order valence-corrected chi connectivity index (χ4v) is 2.97. The maximum Gasteiger partial charge on any atom is 0.401 e. The van der Waals surface area contributed by atoms with E-state index in [0.29, 0.717) is 12.2 Å². The van der Waals surface area contributed by atoms with Crippen molar-refractivity contribution in [2.45, 2.75) is 44.6 Å². The summed E-state index contributed by atoms with van der Waals surface area (Å²) >= 11 is 0. The number of ether oxygens (including phenoxy) is 1. The van der Waals surface area contributed by atoms with Gasteiger partial charge in [0.2, 0.25) is 0 Å². The zero-order valence-electron chi connectivity index (χ0n) is 12.4. The van der Waals surface area contributed by atoms with Crippen LogP contribution in [0.25, 0.3) is 0 Å². The van der Waals surface area contributed by atoms with Crippen molar-refractivity contribution in [3.63, 3.8) is 0 Å². The predicted molar refractivity (Wildman–Crippen MR) is 75.3 cm³/mol. The second-order valence-corrected chi connectivity index (χ2v) is 5.74. The zero-order chi connectivity index (χ0) is 15.8. The molecule has 6 heteroatoms. The molecule has 0 aliphatic heterocycles. The minimum absolute atomic E-state index is 0.223. The SMILES string of the molecule is COc1ccc2c(c1)C(N)C(N(CC(F)(F)F)C(C)C)C2. The van der Waals surface area contributed by atoms with Crippen LogP contribution < -0.4 is 10.5 Å². The Morgan fingerprint density at radius 2 is 2.05 bits per heavy atom. The average Bonchev–Trinajstić information content (AvgIpc) is 2.71. The standard InChI is InChI=1S/C15H21F3N2O/c1-9(2)20(8-15(16,17)18)13-6-10-4-5-11(21-3)7-12(10)14(13)19/h4-5,7,9,13-14H,6,8,19H2,1-3H3. The number of nitrogens with zero attached hydrogens (tertiary/aromatic N) is 1. The summed E-state index contributed by atoms with van der Waals surface area (Å²) in [6.07, 6.45) is -3.69. The van der Waals surface area contributed by atoms with E-state index < -0.39 is 18.8 Å². The molecule has 2 unspecified atom stereocenters. The topological polar surface area (TPSA) is 38.5 Å². The van der Waals surface area contributed by atoms with Gasteiger partial charge in [0, 0.05) is 18.1 Å². The van der Waals surface area contributed by atoms with Crippen molar-refractivity contribution in [2.75, 3.05) is 13.7 Å². The molecule has 1 aliphatic rings. The van der Waals surface area contributed by atoms with E-state index in [-0.39, 0.29) is 12.1 Å². The molecule has 0 saturated heterocycles. The molecule has 2 rings (SSSR count). The van der Waals surface area contributed by atoms with Gasteiger partial charge in [0.15, 0.2) is 0 Å². The number of fused-ring (bicyclic) bond motifs is 1. The summed E-state index contributed by atoms with van der Waals surface area (Å²) in [4.78, 5) is 1.44. The van der Waals surface area contributed by atoms with Gasteiger partial charge in [-0.25, -0.2) is 0 Å². The molecule has 3 nitrogen and oxygen atoms in total. The van der Waals surface area contributed by atoms with Crippen molar-refractivity contribution in [3.8, 4) is 5.75 Å². The van der Waals surface area contributed by atoms with Crippen molar-refractivity contribution in [3.05, 3.63) is 29.3 Å². The summed E-state index contributed by atoms with van der Waals surface area (Å²) in [5.41, 5.74) is 8.09. The molecule has 0 amide bonds. The first-order valence-electron chi connectivity index (χ1n) is 6.98. The Morgan fingerprint density at radius 3 is 2.57 bits per heavy atom. The molecule has 0 spiro atoms. The number of nitrogens with two attached hydrogens (primary N) is 1. The number of hydrogen-bond acceptors (Lipinski definition) is 3. The quantitative estimate of drug-likeness (QED) is 0.929. The highest BCUT2D eigenvalue weighted by Gasteiger charge is 2.40. The summed E-state index contributed by atoms with van der Waals surface area (Å²) in [7, 11) is 1.56. The molecule has 1 aromatic carbocycles. The van der Waals surface area contributed by atoms with E-state index in [2.05, 4.69) is 0 Å². The van der Waals surface area contributed by atoms with Crippen LogP contribution in [0.5, 0.6) is 5.75 Å². The van der Waals surface area contributed by atoms with Gasteiger partial charge < -0.3 is 10.5 Å². The van der Waals surface area contributed by atoms with E-state index in [0.717, 1.165) is 11.1 Å². The van der Waals surface area contributed by atoms with Crippen LogP contribution in [-0.4, -0.2) is 36.8 Å². The summed E-state index contributed by atoms with van der Waals surface area (Å²) < 4.78 is 43.5. The van der Waals surface area contributed by atoms with Crippen LogP contribution in [0.15, 0.2) is 18.2 Å². The maximum atomic E-state index is 12.8. The highest BCUT2D eigenvalue weighted by molar-refractivity contribution is 5.42. The van der Waals surface area contributed by atoms with Gasteiger partial charge in [-0.3, -0.25) is 4.90 Å². The number of benzene rings is 1. The van der Waals surface area contributed by atoms with Gasteiger partial charge in [-0.05, 0) is 43.5 Å². The molecular formula is C15H21F3N2O. The molecule has 1 aliphatic carbocycles. The largest absolute Gasteiger partial charge is 0.497 e. The summed E-state index contributed by atoms with van der Waals surface area (Å²) in [6.45, 7) is 2.60. The third-order valence-corrected chi connectivity index (χ3v) is 4.01. The predicted octanol–water partition coefficient (Wildman–Crippen LogP) is 2.89. The first kappa shape index (κ1) is 16.1. The molecule has 0 aromatic heterocycles. The number of rotatable bonds is 4. The van der Waals surface area contributed by atoms with Crippen molar-refractivity contribution >= 4 is 0 Å². The maximum absolute atomic E-state index is 12.8. The van der Waals surface area contributed by atoms with Crippen molar-refractivity contribution < 1.29 is 17.9 Å². The third-order valence-electron chi connectivity index (χ3n) is 4.01. The van der Waals surface area contributed by atoms with Gasteiger partial charge in [0.05, 0.1) is 13.7 Å². The minimum atomic E-state index is -4.23. The monoisotopic (exact) mass is 302 g/mol. The normalized spacial score (nSPS) is 22.0. The molecule has 0 radical (unpaired) electrons. The number of halogens is 3. The first-order chi connectivity index (χ1) is 9.73. The fourth-order valence-electron chi connectivity index (χ4n) is 2.97. The summed E-state index contributed by atoms with van der Waals surface area (Å²) in [5, 5.41) is 0. The van der Waals surface area contributed by atoms with E-state index in [9.17, 15) is 13.2 Å². The zero-order valence-corrected chi connectivity index (χ0v) is 12.4. The molecule has 21 heavy (non-hydrogen) atoms. The van der Waals surface area contributed by atoms with Gasteiger partial charge in [-0.1, -0.05) is 6.07 Å². The van der Waals surface area contributed by atoms with Crippen LogP contribution in [0.4, 0.5) is 13.2 Å². The highest BCUT2D eigenvalue weighted by atomic mass is 19.4. The Labute approximate surface area is 122 Å². The molecule has 0 saturated carbocycles. The number of alkyl halides is 3. The van der Waals surface area contributed by atoms with Gasteiger partial charge in [0.1, 0.15) is 5.75 Å². The second-order valence-electron chi connectivity index (χ2n) is 5.74. The van der Waals surface area contributed by atoms with E-state index >= 15 is 0 Å². The number of methoxy groups -OCH3 is 1. The minimum Gasteiger partial charge on any atom is -0.497 e. The summed E-state index contributed by atoms with van der Waals surface area (Å²) in [5.74, 6) is 0.678. The lowest BCUT2D eigenvalue weighted by molar-refractivity contribution is -0.155. The molecule has 1 aromatic rings. The van der Waals surface area contributed by atoms with Gasteiger partial charge >= 0.3 is 6.18 Å². The Kier molecular flexibility index (Phi) is 4.49. The lowest BCUT2D eigenvalue weighted by Crippen LogP contribution is -2.49. The van der Waals surface area contributed by atoms with E-state index in [1.807, 2.05) is 18.2 Å². The lowest BCUT2D eigenvalue weighted by Gasteiger charge is -2.35. The Morgan fingerprint density at radius 1 is 1.38 bits per heavy atom. The Balaban J connectivity index is 2.25. The molecule has 2 N–H and O–H groups in total. The molecule has 0 fully saturated rings. The lowest BCUT2D eigenvalue weighted by atomic mass is 10.1. The molecule has 0 bridgehead atoms. The van der Waals surface area contributed by atoms with Crippen LogP contribution in [0.2, 0.25) is 0 Å². The first-order valence-corrected chi connectivity index (χ1v) is 6.98. The number of hydrogen-bond donors (Lipinski definition) is 1. The van der Waals surface area contributed by atoms with Crippen LogP contribution >= 0.6 is 0 Å². The second kappa shape index (κ2) is 5.85. The molecular weight excluding hydrogens is 281 g/mol. The fraction of sp³-hybridized carbons (Fsp3) is 0.600. The third kappa shape index (κ3) is 3.49. The van der Waals surface area contributed by atoms with Crippen LogP contribution in [0.3, 0.4) is 0 Å². The molecule has 2 atom stereocenters. The van der Waals surface area contributed by atoms with E-state index in [1.54, 1.807) is 21.0 Å². The Hall–Kier alpha value is -1.27. The van der Waals surface area contributed by atoms with Crippen molar-refractivity contribution in [1.82, 2.24) is 4.90 Å². The van der Waals surface area contributed by atoms with Crippen LogP contribution in [0.1, 0.15) is 31.0 Å². The van der Waals surface area contributed by atoms with E-state index in [4.69, 9.17) is 10.5 Å². The van der Waals surface area contributed by atoms with Crippen LogP contribution in [0, 0.1) is 0 Å². The van der Waals surface area contributed by atoms with Crippen molar-refractivity contribution in [1.29, 1.82) is 0 Å². The average molecular weight is 302 g/mol. The smallest absolute Gasteiger partial charge is 0.401 e. The molecule has 118 valence electrons. The van der Waals surface area contributed by atoms with Crippen molar-refractivity contribution in [2.24, 2.45) is 5.73 Å². The van der Waals surface area contributed by atoms with E-state index in [1.165, 1.54) is 4.90 Å². The van der Waals surface area contributed by atoms with Gasteiger partial charge in [-0.2, -0.15) is 13.2 Å². The Bertz CT molecular complexity index is 502. The van der Waals surface area contributed by atoms with Crippen LogP contribution in [-0.2, 0) is 6.42 Å². The summed E-state index contributed by atoms with van der Waals surface area (Å²) in [6, 6.07) is 4.54. The molecule has 0 heterocycles. The highest BCUT2D eigenvalue weighted by Crippen LogP contribution is 2.37. The van der Waals surface area contributed by atoms with Gasteiger partial charge in [-0.15, -0.1) is 0 Å². The van der Waals surface area contributed by atoms with Gasteiger partial charge in [0.25, 0.3) is 0 Å².